The van der Waals surface area contributed by atoms with Crippen LogP contribution in [0.4, 0.5) is 8.78 Å². The van der Waals surface area contributed by atoms with Crippen molar-refractivity contribution in [3.63, 3.8) is 0 Å². The number of hydrogen-bond donors (Lipinski definition) is 1. The first-order chi connectivity index (χ1) is 6.72. The second-order valence-corrected chi connectivity index (χ2v) is 4.34. The number of alkyl halides is 2. The summed E-state index contributed by atoms with van der Waals surface area (Å²) in [4.78, 5) is 0. The fourth-order valence-corrected chi connectivity index (χ4v) is 2.24. The molecule has 1 aliphatic rings. The molecule has 0 aromatic rings. The van der Waals surface area contributed by atoms with Gasteiger partial charge in [0, 0.05) is 0 Å². The zero-order valence-electron chi connectivity index (χ0n) is 8.94. The number of nitrogens with one attached hydrogen (secondary N) is 1. The Morgan fingerprint density at radius 2 is 1.71 bits per heavy atom. The van der Waals surface area contributed by atoms with E-state index in [0.717, 1.165) is 12.5 Å². The summed E-state index contributed by atoms with van der Waals surface area (Å²) in [7, 11) is 0. The lowest BCUT2D eigenvalue weighted by molar-refractivity contribution is 0.141. The Labute approximate surface area is 85.3 Å². The topological polar surface area (TPSA) is 12.0 Å². The van der Waals surface area contributed by atoms with Crippen LogP contribution in [0.1, 0.15) is 39.0 Å². The zero-order valence-corrected chi connectivity index (χ0v) is 8.94. The Bertz CT molecular complexity index is 142. The largest absolute Gasteiger partial charge is 0.311 e. The molecule has 0 amide bonds. The van der Waals surface area contributed by atoms with Gasteiger partial charge in [0.25, 0.3) is 6.43 Å². The lowest BCUT2D eigenvalue weighted by Gasteiger charge is -2.27. The summed E-state index contributed by atoms with van der Waals surface area (Å²) in [6, 6.07) is 0. The smallest absolute Gasteiger partial charge is 0.250 e. The molecule has 1 rings (SSSR count). The van der Waals surface area contributed by atoms with Crippen LogP contribution in [0.25, 0.3) is 0 Å². The zero-order chi connectivity index (χ0) is 10.4. The van der Waals surface area contributed by atoms with Crippen LogP contribution in [0.2, 0.25) is 0 Å². The van der Waals surface area contributed by atoms with E-state index in [9.17, 15) is 8.78 Å². The highest BCUT2D eigenvalue weighted by Gasteiger charge is 2.19. The molecule has 0 saturated heterocycles. The highest BCUT2D eigenvalue weighted by molar-refractivity contribution is 4.73. The average molecular weight is 205 g/mol. The second kappa shape index (κ2) is 6.33. The van der Waals surface area contributed by atoms with E-state index in [-0.39, 0.29) is 6.54 Å². The quantitative estimate of drug-likeness (QED) is 0.727. The van der Waals surface area contributed by atoms with E-state index in [1.165, 1.54) is 32.1 Å². The molecule has 1 saturated carbocycles. The van der Waals surface area contributed by atoms with Gasteiger partial charge in [-0.25, -0.2) is 8.78 Å². The molecular weight excluding hydrogens is 184 g/mol. The first kappa shape index (κ1) is 11.9. The molecule has 0 aromatic heterocycles. The molecule has 0 bridgehead atoms. The fourth-order valence-electron chi connectivity index (χ4n) is 2.24. The first-order valence-corrected chi connectivity index (χ1v) is 5.71. The van der Waals surface area contributed by atoms with Crippen molar-refractivity contribution >= 4 is 0 Å². The van der Waals surface area contributed by atoms with Crippen molar-refractivity contribution in [3.8, 4) is 0 Å². The lowest BCUT2D eigenvalue weighted by atomic mass is 9.81. The predicted octanol–water partition coefficient (Wildman–Crippen LogP) is 3.06. The van der Waals surface area contributed by atoms with E-state index in [4.69, 9.17) is 0 Å². The third-order valence-corrected chi connectivity index (χ3v) is 3.28. The maximum atomic E-state index is 11.8. The molecule has 3 heteroatoms. The normalized spacial score (nSPS) is 28.3. The van der Waals surface area contributed by atoms with Gasteiger partial charge in [0.15, 0.2) is 0 Å². The Morgan fingerprint density at radius 1 is 1.14 bits per heavy atom. The average Bonchev–Trinajstić information content (AvgIpc) is 2.18. The molecule has 0 unspecified atom stereocenters. The maximum Gasteiger partial charge on any atom is 0.250 e. The van der Waals surface area contributed by atoms with E-state index in [1.54, 1.807) is 0 Å². The standard InChI is InChI=1S/C11H21F2N/c1-2-9-3-5-10(6-4-9)7-14-8-11(12)13/h9-11,14H,2-8H2,1H3. The van der Waals surface area contributed by atoms with Crippen LogP contribution in [0, 0.1) is 11.8 Å². The van der Waals surface area contributed by atoms with Crippen molar-refractivity contribution in [2.45, 2.75) is 45.5 Å². The molecule has 1 fully saturated rings. The molecular formula is C11H21F2N. The lowest BCUT2D eigenvalue weighted by Crippen LogP contribution is -2.29. The Hall–Kier alpha value is -0.180. The van der Waals surface area contributed by atoms with Crippen LogP contribution in [0.5, 0.6) is 0 Å². The van der Waals surface area contributed by atoms with Gasteiger partial charge in [-0.2, -0.15) is 0 Å². The highest BCUT2D eigenvalue weighted by Crippen LogP contribution is 2.29. The van der Waals surface area contributed by atoms with Gasteiger partial charge in [-0.15, -0.1) is 0 Å². The third-order valence-electron chi connectivity index (χ3n) is 3.28. The summed E-state index contributed by atoms with van der Waals surface area (Å²) < 4.78 is 23.7. The van der Waals surface area contributed by atoms with Gasteiger partial charge in [0.1, 0.15) is 0 Å². The third kappa shape index (κ3) is 4.36. The molecule has 14 heavy (non-hydrogen) atoms. The summed E-state index contributed by atoms with van der Waals surface area (Å²) in [5.74, 6) is 1.53. The van der Waals surface area contributed by atoms with Gasteiger partial charge in [0.2, 0.25) is 0 Å². The molecule has 0 spiro atoms. The summed E-state index contributed by atoms with van der Waals surface area (Å²) in [5.41, 5.74) is 0. The fraction of sp³-hybridized carbons (Fsp3) is 1.00. The van der Waals surface area contributed by atoms with Crippen molar-refractivity contribution in [1.82, 2.24) is 5.32 Å². The van der Waals surface area contributed by atoms with Crippen molar-refractivity contribution in [2.75, 3.05) is 13.1 Å². The van der Waals surface area contributed by atoms with Crippen molar-refractivity contribution in [1.29, 1.82) is 0 Å². The van der Waals surface area contributed by atoms with Gasteiger partial charge in [-0.1, -0.05) is 26.2 Å². The van der Waals surface area contributed by atoms with E-state index < -0.39 is 6.43 Å². The highest BCUT2D eigenvalue weighted by atomic mass is 19.3. The van der Waals surface area contributed by atoms with Gasteiger partial charge in [0.05, 0.1) is 6.54 Å². The van der Waals surface area contributed by atoms with Crippen molar-refractivity contribution in [3.05, 3.63) is 0 Å². The molecule has 0 aliphatic heterocycles. The molecule has 0 radical (unpaired) electrons. The van der Waals surface area contributed by atoms with Crippen LogP contribution >= 0.6 is 0 Å². The van der Waals surface area contributed by atoms with Gasteiger partial charge < -0.3 is 5.32 Å². The molecule has 1 nitrogen and oxygen atoms in total. The van der Waals surface area contributed by atoms with Crippen LogP contribution in [-0.2, 0) is 0 Å². The monoisotopic (exact) mass is 205 g/mol. The summed E-state index contributed by atoms with van der Waals surface area (Å²) in [6.45, 7) is 2.87. The summed E-state index contributed by atoms with van der Waals surface area (Å²) >= 11 is 0. The minimum Gasteiger partial charge on any atom is -0.311 e. The van der Waals surface area contributed by atoms with E-state index in [0.29, 0.717) is 5.92 Å². The Kier molecular flexibility index (Phi) is 5.38. The minimum absolute atomic E-state index is 0.145. The number of halogens is 2. The SMILES string of the molecule is CCC1CCC(CNCC(F)F)CC1. The molecule has 1 aliphatic carbocycles. The van der Waals surface area contributed by atoms with Gasteiger partial charge in [-0.3, -0.25) is 0 Å². The first-order valence-electron chi connectivity index (χ1n) is 5.71. The van der Waals surface area contributed by atoms with Gasteiger partial charge >= 0.3 is 0 Å². The summed E-state index contributed by atoms with van der Waals surface area (Å²) in [5, 5.41) is 2.84. The number of rotatable bonds is 5. The van der Waals surface area contributed by atoms with Crippen LogP contribution < -0.4 is 5.32 Å². The molecule has 1 N–H and O–H groups in total. The molecule has 0 aromatic carbocycles. The Morgan fingerprint density at radius 3 is 2.21 bits per heavy atom. The predicted molar refractivity (Wildman–Crippen MR) is 54.6 cm³/mol. The van der Waals surface area contributed by atoms with E-state index in [1.807, 2.05) is 0 Å². The Balaban J connectivity index is 2.04. The number of hydrogen-bond acceptors (Lipinski definition) is 1. The van der Waals surface area contributed by atoms with Crippen LogP contribution in [-0.4, -0.2) is 19.5 Å². The van der Waals surface area contributed by atoms with Crippen molar-refractivity contribution < 1.29 is 8.78 Å². The van der Waals surface area contributed by atoms with Crippen molar-refractivity contribution in [2.24, 2.45) is 11.8 Å². The molecule has 0 atom stereocenters. The second-order valence-electron chi connectivity index (χ2n) is 4.34. The molecule has 84 valence electrons. The van der Waals surface area contributed by atoms with Crippen LogP contribution in [0.15, 0.2) is 0 Å². The van der Waals surface area contributed by atoms with Crippen LogP contribution in [0.3, 0.4) is 0 Å². The minimum atomic E-state index is -2.21. The van der Waals surface area contributed by atoms with E-state index >= 15 is 0 Å². The van der Waals surface area contributed by atoms with E-state index in [2.05, 4.69) is 12.2 Å². The molecule has 0 heterocycles. The summed E-state index contributed by atoms with van der Waals surface area (Å²) in [6.07, 6.45) is 4.08. The maximum absolute atomic E-state index is 11.8. The van der Waals surface area contributed by atoms with Gasteiger partial charge in [-0.05, 0) is 31.2 Å².